The number of aromatic nitrogens is 3. The number of halogens is 3. The van der Waals surface area contributed by atoms with Crippen molar-refractivity contribution in [2.75, 3.05) is 13.6 Å². The van der Waals surface area contributed by atoms with E-state index in [9.17, 15) is 18.8 Å². The van der Waals surface area contributed by atoms with Crippen LogP contribution in [0.1, 0.15) is 35.7 Å². The molecule has 6 rings (SSSR count). The van der Waals surface area contributed by atoms with Crippen molar-refractivity contribution in [3.63, 3.8) is 0 Å². The monoisotopic (exact) mass is 682 g/mol. The number of carbonyl (C=O) groups excluding carboxylic acids is 1. The van der Waals surface area contributed by atoms with Gasteiger partial charge in [-0.3, -0.25) is 19.1 Å². The van der Waals surface area contributed by atoms with Gasteiger partial charge in [-0.1, -0.05) is 43.3 Å². The summed E-state index contributed by atoms with van der Waals surface area (Å²) in [4.78, 5) is 48.2. The minimum atomic E-state index is -0.831. The molecule has 0 N–H and O–H groups in total. The van der Waals surface area contributed by atoms with E-state index in [1.807, 2.05) is 61.3 Å². The Hall–Kier alpha value is -5.13. The van der Waals surface area contributed by atoms with Crippen LogP contribution in [-0.4, -0.2) is 38.4 Å². The molecule has 0 unspecified atom stereocenters. The quantitative estimate of drug-likeness (QED) is 0.140. The molecule has 0 aliphatic carbocycles. The SMILES string of the molecule is CCC(=O)Cc1ccc(-c2sc3c(c2CN(C)CCc2ccccn2)c(=O)n(-c2ccc(F)cc2)c(=O)n3Cc2c(F)cccc2F)cc1. The number of nitrogens with zero attached hydrogens (tertiary/aromatic N) is 4. The summed E-state index contributed by atoms with van der Waals surface area (Å²) < 4.78 is 46.1. The second kappa shape index (κ2) is 14.6. The van der Waals surface area contributed by atoms with Crippen LogP contribution in [0.25, 0.3) is 26.3 Å². The highest BCUT2D eigenvalue weighted by molar-refractivity contribution is 7.22. The van der Waals surface area contributed by atoms with Crippen molar-refractivity contribution in [3.8, 4) is 16.1 Å². The van der Waals surface area contributed by atoms with E-state index in [1.165, 1.54) is 34.1 Å². The maximum atomic E-state index is 15.0. The summed E-state index contributed by atoms with van der Waals surface area (Å²) >= 11 is 1.19. The summed E-state index contributed by atoms with van der Waals surface area (Å²) in [6.07, 6.45) is 3.09. The lowest BCUT2D eigenvalue weighted by atomic mass is 10.0. The van der Waals surface area contributed by atoms with Gasteiger partial charge in [0, 0.05) is 54.7 Å². The third kappa shape index (κ3) is 7.18. The first-order valence-corrected chi connectivity index (χ1v) is 16.7. The van der Waals surface area contributed by atoms with Crippen molar-refractivity contribution in [3.05, 3.63) is 152 Å². The molecule has 3 aromatic heterocycles. The Morgan fingerprint density at radius 3 is 2.24 bits per heavy atom. The molecular formula is C38H33F3N4O3S. The van der Waals surface area contributed by atoms with Crippen molar-refractivity contribution in [2.45, 2.75) is 39.3 Å². The number of ketones is 1. The molecule has 0 saturated heterocycles. The van der Waals surface area contributed by atoms with Gasteiger partial charge in [-0.25, -0.2) is 22.5 Å². The fourth-order valence-corrected chi connectivity index (χ4v) is 7.08. The normalized spacial score (nSPS) is 11.5. The molecule has 0 aliphatic heterocycles. The molecule has 0 amide bonds. The molecule has 0 aliphatic rings. The Labute approximate surface area is 284 Å². The number of carbonyl (C=O) groups is 1. The van der Waals surface area contributed by atoms with Crippen LogP contribution in [0.2, 0.25) is 0 Å². The van der Waals surface area contributed by atoms with Gasteiger partial charge >= 0.3 is 5.69 Å². The molecular weight excluding hydrogens is 650 g/mol. The molecule has 49 heavy (non-hydrogen) atoms. The van der Waals surface area contributed by atoms with Crippen LogP contribution in [0.15, 0.2) is 101 Å². The summed E-state index contributed by atoms with van der Waals surface area (Å²) in [6.45, 7) is 2.22. The Bertz CT molecular complexity index is 2230. The standard InChI is InChI=1S/C38H33F3N4O3S/c1-3-29(46)21-24-10-12-25(13-11-24)35-31(22-43(2)20-18-27-7-4-5-19-42-27)34-36(47)45(28-16-14-26(39)15-17-28)38(48)44(37(34)49-35)23-30-32(40)8-6-9-33(30)41/h4-17,19H,3,18,20-23H2,1-2H3. The number of likely N-dealkylation sites (N-methyl/N-ethyl adjacent to an activating group) is 1. The fraction of sp³-hybridized carbons (Fsp3) is 0.211. The molecule has 0 atom stereocenters. The van der Waals surface area contributed by atoms with Gasteiger partial charge in [0.25, 0.3) is 5.56 Å². The molecule has 3 heterocycles. The zero-order valence-corrected chi connectivity index (χ0v) is 27.8. The first-order valence-electron chi connectivity index (χ1n) is 15.8. The third-order valence-electron chi connectivity index (χ3n) is 8.45. The van der Waals surface area contributed by atoms with E-state index in [-0.39, 0.29) is 27.3 Å². The van der Waals surface area contributed by atoms with E-state index in [1.54, 1.807) is 6.20 Å². The number of rotatable bonds is 12. The second-order valence-corrected chi connectivity index (χ2v) is 12.8. The largest absolute Gasteiger partial charge is 0.337 e. The minimum Gasteiger partial charge on any atom is -0.302 e. The average molecular weight is 683 g/mol. The number of benzene rings is 3. The lowest BCUT2D eigenvalue weighted by Crippen LogP contribution is -2.39. The summed E-state index contributed by atoms with van der Waals surface area (Å²) in [7, 11) is 1.92. The molecule has 0 fully saturated rings. The van der Waals surface area contributed by atoms with E-state index in [0.29, 0.717) is 42.8 Å². The highest BCUT2D eigenvalue weighted by Crippen LogP contribution is 2.38. The van der Waals surface area contributed by atoms with Gasteiger partial charge in [-0.15, -0.1) is 11.3 Å². The fourth-order valence-electron chi connectivity index (χ4n) is 5.78. The molecule has 0 bridgehead atoms. The minimum absolute atomic E-state index is 0.107. The van der Waals surface area contributed by atoms with Crippen molar-refractivity contribution >= 4 is 27.3 Å². The van der Waals surface area contributed by atoms with Gasteiger partial charge in [0.1, 0.15) is 28.1 Å². The van der Waals surface area contributed by atoms with Gasteiger partial charge in [0.2, 0.25) is 0 Å². The molecule has 0 spiro atoms. The van der Waals surface area contributed by atoms with E-state index >= 15 is 8.78 Å². The van der Waals surface area contributed by atoms with Crippen LogP contribution in [0.4, 0.5) is 13.2 Å². The summed E-state index contributed by atoms with van der Waals surface area (Å²) in [5.74, 6) is -2.11. The topological polar surface area (TPSA) is 77.2 Å². The van der Waals surface area contributed by atoms with E-state index in [0.717, 1.165) is 45.7 Å². The van der Waals surface area contributed by atoms with Crippen molar-refractivity contribution in [1.82, 2.24) is 19.0 Å². The lowest BCUT2D eigenvalue weighted by Gasteiger charge is -2.18. The third-order valence-corrected chi connectivity index (χ3v) is 9.76. The average Bonchev–Trinajstić information content (AvgIpc) is 3.47. The van der Waals surface area contributed by atoms with Crippen LogP contribution >= 0.6 is 11.3 Å². The van der Waals surface area contributed by atoms with Crippen LogP contribution in [-0.2, 0) is 30.7 Å². The Balaban J connectivity index is 1.57. The van der Waals surface area contributed by atoms with Crippen LogP contribution in [0.5, 0.6) is 0 Å². The Morgan fingerprint density at radius 1 is 0.878 bits per heavy atom. The number of hydrogen-bond acceptors (Lipinski definition) is 6. The molecule has 6 aromatic rings. The zero-order valence-electron chi connectivity index (χ0n) is 27.0. The number of thiophene rings is 1. The predicted octanol–water partition coefficient (Wildman–Crippen LogP) is 6.94. The highest BCUT2D eigenvalue weighted by Gasteiger charge is 2.26. The number of fused-ring (bicyclic) bond motifs is 1. The van der Waals surface area contributed by atoms with Gasteiger partial charge < -0.3 is 4.90 Å². The first kappa shape index (κ1) is 33.8. The van der Waals surface area contributed by atoms with E-state index < -0.39 is 35.2 Å². The molecule has 0 saturated carbocycles. The molecule has 11 heteroatoms. The number of pyridine rings is 1. The van der Waals surface area contributed by atoms with Gasteiger partial charge in [0.05, 0.1) is 17.6 Å². The Morgan fingerprint density at radius 2 is 1.59 bits per heavy atom. The molecule has 7 nitrogen and oxygen atoms in total. The second-order valence-electron chi connectivity index (χ2n) is 11.9. The summed E-state index contributed by atoms with van der Waals surface area (Å²) in [6, 6.07) is 21.6. The lowest BCUT2D eigenvalue weighted by molar-refractivity contribution is -0.118. The van der Waals surface area contributed by atoms with E-state index in [4.69, 9.17) is 0 Å². The first-order chi connectivity index (χ1) is 23.6. The van der Waals surface area contributed by atoms with Crippen LogP contribution in [0.3, 0.4) is 0 Å². The number of hydrogen-bond donors (Lipinski definition) is 0. The van der Waals surface area contributed by atoms with Crippen molar-refractivity contribution < 1.29 is 18.0 Å². The van der Waals surface area contributed by atoms with Gasteiger partial charge in [-0.05, 0) is 72.3 Å². The van der Waals surface area contributed by atoms with Gasteiger partial charge in [0.15, 0.2) is 0 Å². The summed E-state index contributed by atoms with van der Waals surface area (Å²) in [5, 5.41) is 0.218. The van der Waals surface area contributed by atoms with Crippen LogP contribution < -0.4 is 11.2 Å². The molecule has 0 radical (unpaired) electrons. The zero-order chi connectivity index (χ0) is 34.7. The summed E-state index contributed by atoms with van der Waals surface area (Å²) in [5.41, 5.74) is 1.48. The maximum Gasteiger partial charge on any atom is 0.337 e. The molecule has 3 aromatic carbocycles. The number of Topliss-reactive ketones (excluding diaryl/α,β-unsaturated/α-hetero) is 1. The van der Waals surface area contributed by atoms with Crippen LogP contribution in [0, 0.1) is 17.5 Å². The smallest absolute Gasteiger partial charge is 0.302 e. The Kier molecular flexibility index (Phi) is 10.0. The van der Waals surface area contributed by atoms with Gasteiger partial charge in [-0.2, -0.15) is 0 Å². The van der Waals surface area contributed by atoms with E-state index in [2.05, 4.69) is 4.98 Å². The van der Waals surface area contributed by atoms with Crippen molar-refractivity contribution in [2.24, 2.45) is 0 Å². The highest BCUT2D eigenvalue weighted by atomic mass is 32.1. The predicted molar refractivity (Wildman–Crippen MR) is 186 cm³/mol. The maximum absolute atomic E-state index is 15.0. The van der Waals surface area contributed by atoms with Crippen molar-refractivity contribution in [1.29, 1.82) is 0 Å². The molecule has 250 valence electrons.